The van der Waals surface area contributed by atoms with E-state index in [2.05, 4.69) is 4.90 Å². The number of methoxy groups -OCH3 is 2. The molecular weight excluding hydrogens is 401 g/mol. The first-order valence-electron chi connectivity index (χ1n) is 10.3. The number of hydrogen-bond acceptors (Lipinski definition) is 6. The quantitative estimate of drug-likeness (QED) is 0.710. The van der Waals surface area contributed by atoms with Crippen molar-refractivity contribution in [3.8, 4) is 11.5 Å². The molecule has 2 aromatic rings. The Labute approximate surface area is 181 Å². The number of carbonyl (C=O) groups excluding carboxylic acids is 1. The van der Waals surface area contributed by atoms with E-state index in [9.17, 15) is 9.18 Å². The van der Waals surface area contributed by atoms with Crippen molar-refractivity contribution in [3.05, 3.63) is 59.4 Å². The van der Waals surface area contributed by atoms with E-state index in [-0.39, 0.29) is 24.3 Å². The SMILES string of the molecule is COc1ccc(C2=NN(C(=O)CN3CCOCC3)C(c3ccc(F)cc3)C2)c(OC)c1. The van der Waals surface area contributed by atoms with Crippen LogP contribution in [0.4, 0.5) is 4.39 Å². The van der Waals surface area contributed by atoms with Crippen LogP contribution in [0.15, 0.2) is 47.6 Å². The van der Waals surface area contributed by atoms with Gasteiger partial charge in [-0.15, -0.1) is 0 Å². The number of hydrogen-bond donors (Lipinski definition) is 0. The van der Waals surface area contributed by atoms with E-state index >= 15 is 0 Å². The molecule has 164 valence electrons. The number of morpholine rings is 1. The third-order valence-electron chi connectivity index (χ3n) is 5.60. The summed E-state index contributed by atoms with van der Waals surface area (Å²) in [6, 6.07) is 11.4. The Morgan fingerprint density at radius 2 is 1.87 bits per heavy atom. The summed E-state index contributed by atoms with van der Waals surface area (Å²) in [5, 5.41) is 6.23. The second-order valence-corrected chi connectivity index (χ2v) is 7.51. The molecule has 2 aliphatic heterocycles. The minimum atomic E-state index is -0.314. The molecule has 0 saturated carbocycles. The van der Waals surface area contributed by atoms with E-state index in [4.69, 9.17) is 19.3 Å². The molecular formula is C23H26FN3O4. The van der Waals surface area contributed by atoms with Crippen LogP contribution in [0.1, 0.15) is 23.6 Å². The molecule has 8 heteroatoms. The highest BCUT2D eigenvalue weighted by Crippen LogP contribution is 2.36. The van der Waals surface area contributed by atoms with Crippen LogP contribution in [0, 0.1) is 5.82 Å². The number of benzene rings is 2. The average molecular weight is 427 g/mol. The van der Waals surface area contributed by atoms with E-state index in [0.717, 1.165) is 16.8 Å². The van der Waals surface area contributed by atoms with Crippen molar-refractivity contribution in [1.29, 1.82) is 0 Å². The average Bonchev–Trinajstić information content (AvgIpc) is 3.25. The van der Waals surface area contributed by atoms with Gasteiger partial charge >= 0.3 is 0 Å². The first kappa shape index (κ1) is 21.3. The smallest absolute Gasteiger partial charge is 0.257 e. The fraction of sp³-hybridized carbons (Fsp3) is 0.391. The zero-order valence-electron chi connectivity index (χ0n) is 17.7. The zero-order chi connectivity index (χ0) is 21.8. The van der Waals surface area contributed by atoms with Gasteiger partial charge in [0, 0.05) is 31.1 Å². The van der Waals surface area contributed by atoms with Crippen LogP contribution >= 0.6 is 0 Å². The maximum absolute atomic E-state index is 13.5. The van der Waals surface area contributed by atoms with Gasteiger partial charge in [-0.1, -0.05) is 12.1 Å². The van der Waals surface area contributed by atoms with E-state index in [1.807, 2.05) is 12.1 Å². The van der Waals surface area contributed by atoms with Crippen LogP contribution in [0.25, 0.3) is 0 Å². The first-order chi connectivity index (χ1) is 15.1. The van der Waals surface area contributed by atoms with Gasteiger partial charge in [-0.25, -0.2) is 9.40 Å². The van der Waals surface area contributed by atoms with Crippen molar-refractivity contribution in [2.75, 3.05) is 47.1 Å². The summed E-state index contributed by atoms with van der Waals surface area (Å²) < 4.78 is 29.7. The standard InChI is InChI=1S/C23H26FN3O4/c1-29-18-7-8-19(22(13-18)30-2)20-14-21(16-3-5-17(24)6-4-16)27(25-20)23(28)15-26-9-11-31-12-10-26/h3-8,13,21H,9-12,14-15H2,1-2H3. The molecule has 1 amide bonds. The van der Waals surface area contributed by atoms with Crippen molar-refractivity contribution in [2.45, 2.75) is 12.5 Å². The minimum absolute atomic E-state index is 0.0984. The molecule has 2 heterocycles. The summed E-state index contributed by atoms with van der Waals surface area (Å²) in [7, 11) is 3.19. The second kappa shape index (κ2) is 9.45. The molecule has 2 aliphatic rings. The highest BCUT2D eigenvalue weighted by Gasteiger charge is 2.34. The highest BCUT2D eigenvalue weighted by molar-refractivity contribution is 6.05. The fourth-order valence-electron chi connectivity index (χ4n) is 3.91. The summed E-state index contributed by atoms with van der Waals surface area (Å²) in [6.07, 6.45) is 0.503. The Hall–Kier alpha value is -2.97. The Morgan fingerprint density at radius 1 is 1.13 bits per heavy atom. The van der Waals surface area contributed by atoms with E-state index in [1.165, 1.54) is 17.1 Å². The fourth-order valence-corrected chi connectivity index (χ4v) is 3.91. The van der Waals surface area contributed by atoms with Crippen molar-refractivity contribution in [2.24, 2.45) is 5.10 Å². The molecule has 31 heavy (non-hydrogen) atoms. The summed E-state index contributed by atoms with van der Waals surface area (Å²) in [6.45, 7) is 2.92. The Kier molecular flexibility index (Phi) is 6.48. The Balaban J connectivity index is 1.64. The second-order valence-electron chi connectivity index (χ2n) is 7.51. The van der Waals surface area contributed by atoms with E-state index in [1.54, 1.807) is 32.4 Å². The summed E-state index contributed by atoms with van der Waals surface area (Å²) >= 11 is 0. The topological polar surface area (TPSA) is 63.6 Å². The summed E-state index contributed by atoms with van der Waals surface area (Å²) in [5.74, 6) is 0.887. The van der Waals surface area contributed by atoms with Crippen LogP contribution in [0.2, 0.25) is 0 Å². The van der Waals surface area contributed by atoms with Gasteiger partial charge in [-0.05, 0) is 29.8 Å². The zero-order valence-corrected chi connectivity index (χ0v) is 17.7. The number of hydrazone groups is 1. The molecule has 0 radical (unpaired) electrons. The van der Waals surface area contributed by atoms with Gasteiger partial charge in [0.2, 0.25) is 0 Å². The lowest BCUT2D eigenvalue weighted by molar-refractivity contribution is -0.135. The van der Waals surface area contributed by atoms with E-state index in [0.29, 0.717) is 44.2 Å². The van der Waals surface area contributed by atoms with Gasteiger partial charge in [0.05, 0.1) is 45.7 Å². The maximum atomic E-state index is 13.5. The number of amides is 1. The van der Waals surface area contributed by atoms with Crippen molar-refractivity contribution >= 4 is 11.6 Å². The Morgan fingerprint density at radius 3 is 2.55 bits per heavy atom. The normalized spacial score (nSPS) is 19.3. The predicted octanol–water partition coefficient (Wildman–Crippen LogP) is 2.85. The number of ether oxygens (including phenoxy) is 3. The third-order valence-corrected chi connectivity index (χ3v) is 5.60. The van der Waals surface area contributed by atoms with Gasteiger partial charge < -0.3 is 14.2 Å². The molecule has 0 spiro atoms. The van der Waals surface area contributed by atoms with Crippen LogP contribution < -0.4 is 9.47 Å². The molecule has 0 aromatic heterocycles. The first-order valence-corrected chi connectivity index (χ1v) is 10.3. The highest BCUT2D eigenvalue weighted by atomic mass is 19.1. The van der Waals surface area contributed by atoms with Gasteiger partial charge in [-0.2, -0.15) is 5.10 Å². The summed E-state index contributed by atoms with van der Waals surface area (Å²) in [5.41, 5.74) is 2.38. The predicted molar refractivity (Wildman–Crippen MR) is 114 cm³/mol. The number of nitrogens with zero attached hydrogens (tertiary/aromatic N) is 3. The van der Waals surface area contributed by atoms with Gasteiger partial charge in [-0.3, -0.25) is 9.69 Å². The third kappa shape index (κ3) is 4.70. The lowest BCUT2D eigenvalue weighted by Gasteiger charge is -2.29. The molecule has 4 rings (SSSR count). The van der Waals surface area contributed by atoms with Gasteiger partial charge in [0.15, 0.2) is 0 Å². The lowest BCUT2D eigenvalue weighted by atomic mass is 9.97. The summed E-state index contributed by atoms with van der Waals surface area (Å²) in [4.78, 5) is 15.3. The molecule has 0 aliphatic carbocycles. The number of carbonyl (C=O) groups is 1. The largest absolute Gasteiger partial charge is 0.497 e. The van der Waals surface area contributed by atoms with E-state index < -0.39 is 0 Å². The molecule has 1 saturated heterocycles. The van der Waals surface area contributed by atoms with Crippen molar-refractivity contribution in [3.63, 3.8) is 0 Å². The molecule has 2 aromatic carbocycles. The maximum Gasteiger partial charge on any atom is 0.257 e. The number of rotatable bonds is 6. The lowest BCUT2D eigenvalue weighted by Crippen LogP contribution is -2.43. The van der Waals surface area contributed by atoms with Crippen molar-refractivity contribution in [1.82, 2.24) is 9.91 Å². The van der Waals surface area contributed by atoms with Gasteiger partial charge in [0.25, 0.3) is 5.91 Å². The minimum Gasteiger partial charge on any atom is -0.497 e. The van der Waals surface area contributed by atoms with Gasteiger partial charge in [0.1, 0.15) is 17.3 Å². The molecule has 0 bridgehead atoms. The monoisotopic (exact) mass is 427 g/mol. The van der Waals surface area contributed by atoms with Crippen LogP contribution in [-0.4, -0.2) is 68.6 Å². The molecule has 1 atom stereocenters. The Bertz CT molecular complexity index is 958. The van der Waals surface area contributed by atoms with Crippen LogP contribution in [0.3, 0.4) is 0 Å². The van der Waals surface area contributed by atoms with Crippen LogP contribution in [0.5, 0.6) is 11.5 Å². The molecule has 0 N–H and O–H groups in total. The van der Waals surface area contributed by atoms with Crippen LogP contribution in [-0.2, 0) is 9.53 Å². The molecule has 1 fully saturated rings. The number of halogens is 1. The molecule has 1 unspecified atom stereocenters. The molecule has 7 nitrogen and oxygen atoms in total. The van der Waals surface area contributed by atoms with Crippen molar-refractivity contribution < 1.29 is 23.4 Å².